The quantitative estimate of drug-likeness (QED) is 0.839. The molecule has 0 aliphatic carbocycles. The van der Waals surface area contributed by atoms with Gasteiger partial charge >= 0.3 is 0 Å². The van der Waals surface area contributed by atoms with Crippen molar-refractivity contribution in [1.29, 1.82) is 0 Å². The Kier molecular flexibility index (Phi) is 4.63. The van der Waals surface area contributed by atoms with E-state index in [9.17, 15) is 4.79 Å². The van der Waals surface area contributed by atoms with E-state index in [0.29, 0.717) is 19.0 Å². The molecule has 2 heterocycles. The first kappa shape index (κ1) is 17.0. The minimum Gasteiger partial charge on any atom is -0.486 e. The van der Waals surface area contributed by atoms with Gasteiger partial charge in [0, 0.05) is 5.92 Å². The maximum absolute atomic E-state index is 12.7. The number of aromatic nitrogens is 1. The first-order valence-corrected chi connectivity index (χ1v) is 9.18. The molecule has 0 N–H and O–H groups in total. The SMILES string of the molecule is Cc1cccc(C)c1OC1CN(C(=O)c2sc(C(C)C)nc2C)C1. The molecule has 4 nitrogen and oxygen atoms in total. The molecule has 0 bridgehead atoms. The lowest BCUT2D eigenvalue weighted by Gasteiger charge is -2.39. The standard InChI is InChI=1S/C19H24N2O2S/c1-11(2)18-20-14(5)17(24-18)19(22)21-9-15(10-21)23-16-12(3)7-6-8-13(16)4/h6-8,11,15H,9-10H2,1-5H3. The van der Waals surface area contributed by atoms with Gasteiger partial charge in [-0.15, -0.1) is 11.3 Å². The van der Waals surface area contributed by atoms with Crippen LogP contribution in [0.4, 0.5) is 0 Å². The Morgan fingerprint density at radius 1 is 1.25 bits per heavy atom. The highest BCUT2D eigenvalue weighted by atomic mass is 32.1. The van der Waals surface area contributed by atoms with Crippen molar-refractivity contribution >= 4 is 17.2 Å². The Morgan fingerprint density at radius 3 is 2.42 bits per heavy atom. The van der Waals surface area contributed by atoms with E-state index in [2.05, 4.69) is 44.8 Å². The summed E-state index contributed by atoms with van der Waals surface area (Å²) in [6.07, 6.45) is 0.0755. The number of hydrogen-bond acceptors (Lipinski definition) is 4. The molecule has 1 aromatic carbocycles. The van der Waals surface area contributed by atoms with Crippen molar-refractivity contribution in [2.75, 3.05) is 13.1 Å². The molecule has 128 valence electrons. The summed E-state index contributed by atoms with van der Waals surface area (Å²) in [5.74, 6) is 1.38. The summed E-state index contributed by atoms with van der Waals surface area (Å²) in [6.45, 7) is 11.5. The molecule has 5 heteroatoms. The fourth-order valence-electron chi connectivity index (χ4n) is 2.84. The fourth-order valence-corrected chi connectivity index (χ4v) is 3.87. The number of thiazole rings is 1. The van der Waals surface area contributed by atoms with Crippen molar-refractivity contribution in [3.63, 3.8) is 0 Å². The van der Waals surface area contributed by atoms with Crippen LogP contribution in [-0.2, 0) is 0 Å². The van der Waals surface area contributed by atoms with Crippen LogP contribution in [-0.4, -0.2) is 35.0 Å². The Morgan fingerprint density at radius 2 is 1.88 bits per heavy atom. The molecule has 0 saturated carbocycles. The first-order chi connectivity index (χ1) is 11.4. The second-order valence-corrected chi connectivity index (χ2v) is 7.82. The van der Waals surface area contributed by atoms with Gasteiger partial charge in [0.25, 0.3) is 5.91 Å². The average molecular weight is 344 g/mol. The number of rotatable bonds is 4. The van der Waals surface area contributed by atoms with Gasteiger partial charge < -0.3 is 9.64 Å². The van der Waals surface area contributed by atoms with E-state index < -0.39 is 0 Å². The lowest BCUT2D eigenvalue weighted by Crippen LogP contribution is -2.56. The molecule has 0 spiro atoms. The summed E-state index contributed by atoms with van der Waals surface area (Å²) < 4.78 is 6.10. The van der Waals surface area contributed by atoms with Crippen LogP contribution < -0.4 is 4.74 Å². The predicted octanol–water partition coefficient (Wildman–Crippen LogP) is 4.10. The van der Waals surface area contributed by atoms with Crippen molar-refractivity contribution < 1.29 is 9.53 Å². The zero-order valence-corrected chi connectivity index (χ0v) is 15.7. The zero-order chi connectivity index (χ0) is 17.4. The normalized spacial score (nSPS) is 14.8. The Labute approximate surface area is 147 Å². The molecule has 0 unspecified atom stereocenters. The molecule has 1 aromatic heterocycles. The summed E-state index contributed by atoms with van der Waals surface area (Å²) in [5.41, 5.74) is 3.12. The van der Waals surface area contributed by atoms with E-state index in [4.69, 9.17) is 4.74 Å². The lowest BCUT2D eigenvalue weighted by atomic mass is 10.1. The summed E-state index contributed by atoms with van der Waals surface area (Å²) in [5, 5.41) is 1.03. The highest BCUT2D eigenvalue weighted by molar-refractivity contribution is 7.13. The Hall–Kier alpha value is -1.88. The van der Waals surface area contributed by atoms with E-state index >= 15 is 0 Å². The average Bonchev–Trinajstić information content (AvgIpc) is 2.86. The topological polar surface area (TPSA) is 42.4 Å². The number of aryl methyl sites for hydroxylation is 3. The summed E-state index contributed by atoms with van der Waals surface area (Å²) in [6, 6.07) is 6.14. The molecule has 24 heavy (non-hydrogen) atoms. The minimum absolute atomic E-state index is 0.0755. The van der Waals surface area contributed by atoms with E-state index in [0.717, 1.165) is 32.5 Å². The zero-order valence-electron chi connectivity index (χ0n) is 14.9. The molecule has 1 aliphatic rings. The number of carbonyl (C=O) groups excluding carboxylic acids is 1. The monoisotopic (exact) mass is 344 g/mol. The van der Waals surface area contributed by atoms with Crippen molar-refractivity contribution in [3.8, 4) is 5.75 Å². The van der Waals surface area contributed by atoms with E-state index in [1.807, 2.05) is 17.9 Å². The molecule has 1 fully saturated rings. The second-order valence-electron chi connectivity index (χ2n) is 6.79. The highest BCUT2D eigenvalue weighted by Gasteiger charge is 2.35. The van der Waals surface area contributed by atoms with Crippen LogP contribution in [0.25, 0.3) is 0 Å². The molecule has 1 amide bonds. The van der Waals surface area contributed by atoms with E-state index in [1.165, 1.54) is 11.3 Å². The van der Waals surface area contributed by atoms with Gasteiger partial charge in [-0.1, -0.05) is 32.0 Å². The maximum atomic E-state index is 12.7. The van der Waals surface area contributed by atoms with E-state index in [-0.39, 0.29) is 12.0 Å². The molecular weight excluding hydrogens is 320 g/mol. The lowest BCUT2D eigenvalue weighted by molar-refractivity contribution is 0.0176. The third kappa shape index (κ3) is 3.18. The van der Waals surface area contributed by atoms with Crippen LogP contribution >= 0.6 is 11.3 Å². The first-order valence-electron chi connectivity index (χ1n) is 8.36. The number of ether oxygens (including phenoxy) is 1. The number of amides is 1. The van der Waals surface area contributed by atoms with Crippen LogP contribution in [0.15, 0.2) is 18.2 Å². The van der Waals surface area contributed by atoms with Crippen molar-refractivity contribution in [2.24, 2.45) is 0 Å². The molecule has 1 saturated heterocycles. The van der Waals surface area contributed by atoms with Crippen LogP contribution in [0, 0.1) is 20.8 Å². The number of benzene rings is 1. The Balaban J connectivity index is 1.63. The van der Waals surface area contributed by atoms with Gasteiger partial charge in [-0.05, 0) is 31.9 Å². The van der Waals surface area contributed by atoms with Gasteiger partial charge in [0.05, 0.1) is 23.8 Å². The molecule has 0 atom stereocenters. The number of nitrogens with zero attached hydrogens (tertiary/aromatic N) is 2. The fraction of sp³-hybridized carbons (Fsp3) is 0.474. The van der Waals surface area contributed by atoms with Crippen LogP contribution in [0.5, 0.6) is 5.75 Å². The molecular formula is C19H24N2O2S. The van der Waals surface area contributed by atoms with Gasteiger partial charge in [0.1, 0.15) is 16.7 Å². The smallest absolute Gasteiger partial charge is 0.266 e. The third-order valence-electron chi connectivity index (χ3n) is 4.33. The number of hydrogen-bond donors (Lipinski definition) is 0. The van der Waals surface area contributed by atoms with Gasteiger partial charge in [-0.25, -0.2) is 4.98 Å². The summed E-state index contributed by atoms with van der Waals surface area (Å²) in [4.78, 5) is 19.8. The van der Waals surface area contributed by atoms with E-state index in [1.54, 1.807) is 0 Å². The van der Waals surface area contributed by atoms with Crippen molar-refractivity contribution in [3.05, 3.63) is 44.9 Å². The molecule has 1 aliphatic heterocycles. The van der Waals surface area contributed by atoms with Crippen molar-refractivity contribution in [2.45, 2.75) is 46.6 Å². The number of likely N-dealkylation sites (tertiary alicyclic amines) is 1. The summed E-state index contributed by atoms with van der Waals surface area (Å²) >= 11 is 1.52. The number of carbonyl (C=O) groups is 1. The minimum atomic E-state index is 0.0755. The van der Waals surface area contributed by atoms with Crippen LogP contribution in [0.3, 0.4) is 0 Å². The largest absolute Gasteiger partial charge is 0.486 e. The third-order valence-corrected chi connectivity index (χ3v) is 5.78. The molecule has 0 radical (unpaired) electrons. The van der Waals surface area contributed by atoms with Gasteiger partial charge in [0.2, 0.25) is 0 Å². The Bertz CT molecular complexity index is 740. The van der Waals surface area contributed by atoms with Crippen molar-refractivity contribution in [1.82, 2.24) is 9.88 Å². The second kappa shape index (κ2) is 6.55. The highest BCUT2D eigenvalue weighted by Crippen LogP contribution is 2.29. The molecule has 3 rings (SSSR count). The molecule has 2 aromatic rings. The van der Waals surface area contributed by atoms with Crippen LogP contribution in [0.1, 0.15) is 51.3 Å². The van der Waals surface area contributed by atoms with Gasteiger partial charge in [-0.3, -0.25) is 4.79 Å². The number of para-hydroxylation sites is 1. The summed E-state index contributed by atoms with van der Waals surface area (Å²) in [7, 11) is 0. The maximum Gasteiger partial charge on any atom is 0.266 e. The van der Waals surface area contributed by atoms with Gasteiger partial charge in [0.15, 0.2) is 0 Å². The van der Waals surface area contributed by atoms with Gasteiger partial charge in [-0.2, -0.15) is 0 Å². The predicted molar refractivity (Wildman–Crippen MR) is 97.2 cm³/mol. The van der Waals surface area contributed by atoms with Crippen LogP contribution in [0.2, 0.25) is 0 Å².